The second-order valence-corrected chi connectivity index (χ2v) is 10.5. The number of sulfone groups is 1. The SMILES string of the molecule is CS(=O)(=O)c1ccc(CNS(=O)(=O)c2cc(Cl)sc2Cl)cc1. The van der Waals surface area contributed by atoms with Gasteiger partial charge in [-0.1, -0.05) is 35.3 Å². The van der Waals surface area contributed by atoms with Gasteiger partial charge < -0.3 is 0 Å². The van der Waals surface area contributed by atoms with E-state index >= 15 is 0 Å². The number of rotatable bonds is 5. The Kier molecular flexibility index (Phi) is 5.20. The fraction of sp³-hybridized carbons (Fsp3) is 0.167. The molecule has 0 radical (unpaired) electrons. The molecule has 1 N–H and O–H groups in total. The number of nitrogens with one attached hydrogen (secondary N) is 1. The molecule has 0 saturated carbocycles. The zero-order chi connectivity index (χ0) is 16.5. The van der Waals surface area contributed by atoms with E-state index in [0.717, 1.165) is 17.6 Å². The molecule has 0 unspecified atom stereocenters. The molecule has 10 heteroatoms. The summed E-state index contributed by atoms with van der Waals surface area (Å²) in [6.07, 6.45) is 1.10. The molecular weight excluding hydrogens is 389 g/mol. The van der Waals surface area contributed by atoms with E-state index < -0.39 is 19.9 Å². The van der Waals surface area contributed by atoms with E-state index in [-0.39, 0.29) is 25.0 Å². The lowest BCUT2D eigenvalue weighted by atomic mass is 10.2. The maximum atomic E-state index is 12.1. The smallest absolute Gasteiger partial charge is 0.224 e. The molecule has 120 valence electrons. The van der Waals surface area contributed by atoms with E-state index in [4.69, 9.17) is 23.2 Å². The average Bonchev–Trinajstić information content (AvgIpc) is 2.76. The molecule has 2 aromatic rings. The van der Waals surface area contributed by atoms with Crippen LogP contribution in [0.15, 0.2) is 40.1 Å². The second kappa shape index (κ2) is 6.46. The lowest BCUT2D eigenvalue weighted by Crippen LogP contribution is -2.23. The third kappa shape index (κ3) is 4.21. The average molecular weight is 400 g/mol. The fourth-order valence-corrected chi connectivity index (χ4v) is 5.41. The van der Waals surface area contributed by atoms with Gasteiger partial charge in [-0.15, -0.1) is 11.3 Å². The predicted octanol–water partition coefficient (Wildman–Crippen LogP) is 2.94. The Morgan fingerprint density at radius 1 is 1.09 bits per heavy atom. The number of halogens is 2. The highest BCUT2D eigenvalue weighted by atomic mass is 35.5. The van der Waals surface area contributed by atoms with Gasteiger partial charge in [0.15, 0.2) is 9.84 Å². The maximum Gasteiger partial charge on any atom is 0.243 e. The van der Waals surface area contributed by atoms with Crippen LogP contribution >= 0.6 is 34.5 Å². The van der Waals surface area contributed by atoms with E-state index in [2.05, 4.69) is 4.72 Å². The van der Waals surface area contributed by atoms with Crippen LogP contribution in [0.5, 0.6) is 0 Å². The van der Waals surface area contributed by atoms with Gasteiger partial charge >= 0.3 is 0 Å². The van der Waals surface area contributed by atoms with Crippen LogP contribution in [-0.2, 0) is 26.4 Å². The van der Waals surface area contributed by atoms with Gasteiger partial charge in [-0.3, -0.25) is 0 Å². The summed E-state index contributed by atoms with van der Waals surface area (Å²) in [5.41, 5.74) is 0.619. The van der Waals surface area contributed by atoms with Crippen LogP contribution in [0.2, 0.25) is 8.67 Å². The maximum absolute atomic E-state index is 12.1. The molecule has 22 heavy (non-hydrogen) atoms. The van der Waals surface area contributed by atoms with E-state index in [9.17, 15) is 16.8 Å². The molecule has 5 nitrogen and oxygen atoms in total. The van der Waals surface area contributed by atoms with Crippen LogP contribution in [-0.4, -0.2) is 23.1 Å². The minimum Gasteiger partial charge on any atom is -0.224 e. The Hall–Kier alpha value is -0.640. The van der Waals surface area contributed by atoms with Crippen molar-refractivity contribution in [1.82, 2.24) is 4.72 Å². The Morgan fingerprint density at radius 2 is 1.68 bits per heavy atom. The first-order valence-electron chi connectivity index (χ1n) is 5.83. The first-order chi connectivity index (χ1) is 10.1. The van der Waals surface area contributed by atoms with E-state index in [1.165, 1.54) is 18.2 Å². The van der Waals surface area contributed by atoms with Crippen molar-refractivity contribution < 1.29 is 16.8 Å². The van der Waals surface area contributed by atoms with Crippen molar-refractivity contribution in [2.24, 2.45) is 0 Å². The van der Waals surface area contributed by atoms with Gasteiger partial charge in [0, 0.05) is 12.8 Å². The first-order valence-corrected chi connectivity index (χ1v) is 10.8. The van der Waals surface area contributed by atoms with Crippen molar-refractivity contribution in [2.45, 2.75) is 16.3 Å². The van der Waals surface area contributed by atoms with Crippen LogP contribution in [0, 0.1) is 0 Å². The van der Waals surface area contributed by atoms with Crippen molar-refractivity contribution in [2.75, 3.05) is 6.26 Å². The van der Waals surface area contributed by atoms with Crippen molar-refractivity contribution in [3.8, 4) is 0 Å². The molecular formula is C12H11Cl2NO4S3. The molecule has 0 aliphatic heterocycles. The topological polar surface area (TPSA) is 80.3 Å². The van der Waals surface area contributed by atoms with Crippen LogP contribution in [0.25, 0.3) is 0 Å². The highest BCUT2D eigenvalue weighted by Crippen LogP contribution is 2.34. The van der Waals surface area contributed by atoms with E-state index in [0.29, 0.717) is 5.56 Å². The number of sulfonamides is 1. The van der Waals surface area contributed by atoms with Crippen LogP contribution in [0.3, 0.4) is 0 Å². The van der Waals surface area contributed by atoms with Crippen molar-refractivity contribution >= 4 is 54.4 Å². The lowest BCUT2D eigenvalue weighted by Gasteiger charge is -2.06. The number of hydrogen-bond acceptors (Lipinski definition) is 5. The van der Waals surface area contributed by atoms with E-state index in [1.54, 1.807) is 12.1 Å². The van der Waals surface area contributed by atoms with Gasteiger partial charge in [-0.2, -0.15) is 0 Å². The Bertz CT molecular complexity index is 887. The molecule has 2 rings (SSSR count). The largest absolute Gasteiger partial charge is 0.243 e. The monoisotopic (exact) mass is 399 g/mol. The van der Waals surface area contributed by atoms with Crippen molar-refractivity contribution in [1.29, 1.82) is 0 Å². The summed E-state index contributed by atoms with van der Waals surface area (Å²) in [7, 11) is -7.06. The first kappa shape index (κ1) is 17.7. The minimum absolute atomic E-state index is 0.0101. The summed E-state index contributed by atoms with van der Waals surface area (Å²) < 4.78 is 49.7. The summed E-state index contributed by atoms with van der Waals surface area (Å²) in [4.78, 5) is 0.101. The highest BCUT2D eigenvalue weighted by Gasteiger charge is 2.20. The third-order valence-corrected chi connectivity index (χ3v) is 7.02. The van der Waals surface area contributed by atoms with Gasteiger partial charge in [0.25, 0.3) is 0 Å². The highest BCUT2D eigenvalue weighted by molar-refractivity contribution is 7.90. The Balaban J connectivity index is 2.14. The van der Waals surface area contributed by atoms with Gasteiger partial charge in [0.1, 0.15) is 9.23 Å². The van der Waals surface area contributed by atoms with Gasteiger partial charge in [-0.05, 0) is 23.8 Å². The van der Waals surface area contributed by atoms with E-state index in [1.807, 2.05) is 0 Å². The predicted molar refractivity (Wildman–Crippen MR) is 87.9 cm³/mol. The molecule has 0 atom stereocenters. The molecule has 0 fully saturated rings. The summed E-state index contributed by atoms with van der Waals surface area (Å²) in [6.45, 7) is 0.0101. The number of thiophene rings is 1. The Labute approximate surface area is 142 Å². The number of benzene rings is 1. The Morgan fingerprint density at radius 3 is 2.14 bits per heavy atom. The molecule has 1 heterocycles. The summed E-state index contributed by atoms with van der Waals surface area (Å²) in [5, 5.41) is 0. The molecule has 0 spiro atoms. The molecule has 0 amide bonds. The van der Waals surface area contributed by atoms with Gasteiger partial charge in [0.05, 0.1) is 9.23 Å². The van der Waals surface area contributed by atoms with Crippen molar-refractivity contribution in [3.05, 3.63) is 44.6 Å². The fourth-order valence-electron chi connectivity index (χ4n) is 1.62. The van der Waals surface area contributed by atoms with Crippen molar-refractivity contribution in [3.63, 3.8) is 0 Å². The summed E-state index contributed by atoms with van der Waals surface area (Å²) >= 11 is 12.5. The van der Waals surface area contributed by atoms with Gasteiger partial charge in [0.2, 0.25) is 10.0 Å². The van der Waals surface area contributed by atoms with Crippen LogP contribution in [0.4, 0.5) is 0 Å². The van der Waals surface area contributed by atoms with Gasteiger partial charge in [-0.25, -0.2) is 21.6 Å². The minimum atomic E-state index is -3.78. The lowest BCUT2D eigenvalue weighted by molar-refractivity contribution is 0.581. The molecule has 0 aliphatic carbocycles. The normalized spacial score (nSPS) is 12.5. The zero-order valence-electron chi connectivity index (χ0n) is 11.2. The molecule has 1 aromatic carbocycles. The zero-order valence-corrected chi connectivity index (χ0v) is 15.2. The molecule has 0 aliphatic rings. The van der Waals surface area contributed by atoms with Crippen LogP contribution in [0.1, 0.15) is 5.56 Å². The quantitative estimate of drug-likeness (QED) is 0.837. The molecule has 1 aromatic heterocycles. The standard InChI is InChI=1S/C12H11Cl2NO4S3/c1-21(16,17)9-4-2-8(3-5-9)7-15-22(18,19)10-6-11(13)20-12(10)14/h2-6,15H,7H2,1H3. The summed E-state index contributed by atoms with van der Waals surface area (Å²) in [5.74, 6) is 0. The van der Waals surface area contributed by atoms with Crippen LogP contribution < -0.4 is 4.72 Å². The second-order valence-electron chi connectivity index (χ2n) is 4.43. The third-order valence-electron chi connectivity index (χ3n) is 2.73. The summed E-state index contributed by atoms with van der Waals surface area (Å²) in [6, 6.07) is 7.21. The number of hydrogen-bond donors (Lipinski definition) is 1. The molecule has 0 saturated heterocycles. The molecule has 0 bridgehead atoms.